The summed E-state index contributed by atoms with van der Waals surface area (Å²) in [5.74, 6) is 2.38. The van der Waals surface area contributed by atoms with E-state index in [-0.39, 0.29) is 22.3 Å². The van der Waals surface area contributed by atoms with E-state index < -0.39 is 0 Å². The maximum atomic E-state index is 13.1. The summed E-state index contributed by atoms with van der Waals surface area (Å²) in [6.45, 7) is 1.89. The number of aromatic nitrogens is 4. The molecule has 4 aliphatic carbocycles. The molecule has 0 aliphatic heterocycles. The van der Waals surface area contributed by atoms with Gasteiger partial charge in [0, 0.05) is 5.54 Å². The average Bonchev–Trinajstić information content (AvgIpc) is 3.17. The highest BCUT2D eigenvalue weighted by Crippen LogP contribution is 2.55. The van der Waals surface area contributed by atoms with E-state index in [1.54, 1.807) is 4.68 Å². The molecule has 3 aromatic rings. The first-order valence-electron chi connectivity index (χ1n) is 11.5. The Morgan fingerprint density at radius 3 is 2.47 bits per heavy atom. The largest absolute Gasteiger partial charge is 0.350 e. The first kappa shape index (κ1) is 20.0. The second-order valence-electron chi connectivity index (χ2n) is 9.95. The lowest BCUT2D eigenvalue weighted by atomic mass is 9.53. The van der Waals surface area contributed by atoms with Crippen LogP contribution in [-0.4, -0.2) is 36.4 Å². The van der Waals surface area contributed by atoms with E-state index in [1.807, 2.05) is 37.3 Å². The molecule has 2 heterocycles. The van der Waals surface area contributed by atoms with Gasteiger partial charge in [-0.1, -0.05) is 30.0 Å². The second kappa shape index (κ2) is 7.47. The van der Waals surface area contributed by atoms with Crippen molar-refractivity contribution in [3.05, 3.63) is 46.9 Å². The summed E-state index contributed by atoms with van der Waals surface area (Å²) >= 11 is 1.30. The topological polar surface area (TPSA) is 92.7 Å². The van der Waals surface area contributed by atoms with E-state index in [1.165, 1.54) is 37.2 Å². The van der Waals surface area contributed by atoms with E-state index in [9.17, 15) is 9.59 Å². The summed E-state index contributed by atoms with van der Waals surface area (Å²) in [4.78, 5) is 33.3. The molecule has 2 aromatic heterocycles. The normalized spacial score (nSPS) is 29.3. The van der Waals surface area contributed by atoms with E-state index in [2.05, 4.69) is 20.4 Å². The van der Waals surface area contributed by atoms with Gasteiger partial charge in [0.05, 0.1) is 17.1 Å². The van der Waals surface area contributed by atoms with Crippen LogP contribution in [0, 0.1) is 17.8 Å². The van der Waals surface area contributed by atoms with Crippen molar-refractivity contribution in [3.63, 3.8) is 0 Å². The predicted molar refractivity (Wildman–Crippen MR) is 124 cm³/mol. The smallest absolute Gasteiger partial charge is 0.262 e. The number of benzene rings is 1. The SMILES string of the molecule is CC(Sc1nc2c(cnn2-c2ccccc2)c(=O)[nH]1)C(=O)NC12CC3CC(CC(C3)C1)C2. The molecule has 4 saturated carbocycles. The molecular formula is C24H27N5O2S. The van der Waals surface area contributed by atoms with Crippen LogP contribution in [0.2, 0.25) is 0 Å². The molecule has 4 aliphatic rings. The van der Waals surface area contributed by atoms with Gasteiger partial charge < -0.3 is 10.3 Å². The first-order chi connectivity index (χ1) is 15.5. The fraction of sp³-hybridized carbons (Fsp3) is 0.500. The fourth-order valence-corrected chi connectivity index (χ4v) is 7.35. The Morgan fingerprint density at radius 1 is 1.16 bits per heavy atom. The zero-order valence-electron chi connectivity index (χ0n) is 18.1. The highest BCUT2D eigenvalue weighted by atomic mass is 32.2. The van der Waals surface area contributed by atoms with Crippen LogP contribution in [0.3, 0.4) is 0 Å². The minimum Gasteiger partial charge on any atom is -0.350 e. The van der Waals surface area contributed by atoms with Crippen molar-refractivity contribution in [2.75, 3.05) is 0 Å². The minimum atomic E-state index is -0.350. The molecule has 2 N–H and O–H groups in total. The van der Waals surface area contributed by atoms with E-state index >= 15 is 0 Å². The molecule has 1 amide bonds. The lowest BCUT2D eigenvalue weighted by Gasteiger charge is -2.57. The van der Waals surface area contributed by atoms with Crippen LogP contribution in [-0.2, 0) is 4.79 Å². The van der Waals surface area contributed by atoms with Crippen molar-refractivity contribution in [2.45, 2.75) is 61.4 Å². The number of nitrogens with zero attached hydrogens (tertiary/aromatic N) is 3. The summed E-state index contributed by atoms with van der Waals surface area (Å²) in [5.41, 5.74) is 1.07. The van der Waals surface area contributed by atoms with Gasteiger partial charge in [0.2, 0.25) is 5.91 Å². The zero-order valence-corrected chi connectivity index (χ0v) is 18.9. The standard InChI is InChI=1S/C24H27N5O2S/c1-14(21(30)28-24-10-15-7-16(11-24)9-17(8-15)12-24)32-23-26-20-19(22(31)27-23)13-25-29(20)18-5-3-2-4-6-18/h2-6,13-17H,7-12H2,1H3,(H,28,30)(H,26,27,31). The number of aromatic amines is 1. The van der Waals surface area contributed by atoms with Crippen molar-refractivity contribution < 1.29 is 4.79 Å². The molecule has 7 nitrogen and oxygen atoms in total. The van der Waals surface area contributed by atoms with E-state index in [0.29, 0.717) is 16.2 Å². The lowest BCUT2D eigenvalue weighted by Crippen LogP contribution is -2.60. The molecule has 1 aromatic carbocycles. The molecule has 1 atom stereocenters. The van der Waals surface area contributed by atoms with Crippen LogP contribution in [0.4, 0.5) is 0 Å². The number of para-hydroxylation sites is 1. The average molecular weight is 450 g/mol. The third-order valence-corrected chi connectivity index (χ3v) is 8.49. The molecule has 1 unspecified atom stereocenters. The van der Waals surface area contributed by atoms with E-state index in [0.717, 1.165) is 42.7 Å². The summed E-state index contributed by atoms with van der Waals surface area (Å²) in [5, 5.41) is 8.30. The zero-order chi connectivity index (χ0) is 21.9. The van der Waals surface area contributed by atoms with Gasteiger partial charge in [0.15, 0.2) is 10.8 Å². The molecule has 4 bridgehead atoms. The van der Waals surface area contributed by atoms with Crippen molar-refractivity contribution in [3.8, 4) is 5.69 Å². The summed E-state index contributed by atoms with van der Waals surface area (Å²) < 4.78 is 1.66. The molecule has 8 heteroatoms. The van der Waals surface area contributed by atoms with Gasteiger partial charge in [0.25, 0.3) is 5.56 Å². The fourth-order valence-electron chi connectivity index (χ4n) is 6.56. The third kappa shape index (κ3) is 3.45. The van der Waals surface area contributed by atoms with Gasteiger partial charge in [0.1, 0.15) is 5.39 Å². The molecule has 0 saturated heterocycles. The molecule has 0 radical (unpaired) electrons. The quantitative estimate of drug-likeness (QED) is 0.458. The van der Waals surface area contributed by atoms with Gasteiger partial charge in [-0.3, -0.25) is 9.59 Å². The van der Waals surface area contributed by atoms with Crippen LogP contribution in [0.25, 0.3) is 16.7 Å². The predicted octanol–water partition coefficient (Wildman–Crippen LogP) is 3.67. The first-order valence-corrected chi connectivity index (χ1v) is 12.4. The van der Waals surface area contributed by atoms with Crippen molar-refractivity contribution in [1.82, 2.24) is 25.1 Å². The summed E-state index contributed by atoms with van der Waals surface area (Å²) in [6.07, 6.45) is 8.95. The molecule has 7 rings (SSSR count). The Morgan fingerprint density at radius 2 is 1.81 bits per heavy atom. The molecule has 32 heavy (non-hydrogen) atoms. The van der Waals surface area contributed by atoms with Crippen LogP contribution in [0.1, 0.15) is 45.4 Å². The van der Waals surface area contributed by atoms with Crippen LogP contribution in [0.15, 0.2) is 46.5 Å². The minimum absolute atomic E-state index is 0.0165. The van der Waals surface area contributed by atoms with Crippen molar-refractivity contribution >= 4 is 28.7 Å². The third-order valence-electron chi connectivity index (χ3n) is 7.50. The van der Waals surface area contributed by atoms with Gasteiger partial charge in [-0.05, 0) is 75.3 Å². The maximum absolute atomic E-state index is 13.1. The van der Waals surface area contributed by atoms with Crippen molar-refractivity contribution in [1.29, 1.82) is 0 Å². The number of fused-ring (bicyclic) bond motifs is 1. The highest BCUT2D eigenvalue weighted by Gasteiger charge is 2.51. The number of H-pyrrole nitrogens is 1. The molecular weight excluding hydrogens is 422 g/mol. The number of carbonyl (C=O) groups is 1. The van der Waals surface area contributed by atoms with Gasteiger partial charge in [-0.25, -0.2) is 9.67 Å². The number of hydrogen-bond donors (Lipinski definition) is 2. The molecule has 166 valence electrons. The van der Waals surface area contributed by atoms with Crippen LogP contribution < -0.4 is 10.9 Å². The molecule has 4 fully saturated rings. The Kier molecular flexibility index (Phi) is 4.68. The monoisotopic (exact) mass is 449 g/mol. The Hall–Kier alpha value is -2.61. The Bertz CT molecular complexity index is 1200. The number of thioether (sulfide) groups is 1. The number of amides is 1. The number of nitrogens with one attached hydrogen (secondary N) is 2. The summed E-state index contributed by atoms with van der Waals surface area (Å²) in [7, 11) is 0. The second-order valence-corrected chi connectivity index (χ2v) is 11.3. The van der Waals surface area contributed by atoms with Gasteiger partial charge in [-0.15, -0.1) is 0 Å². The number of rotatable bonds is 5. The Labute approximate surface area is 190 Å². The van der Waals surface area contributed by atoms with Crippen LogP contribution in [0.5, 0.6) is 0 Å². The highest BCUT2D eigenvalue weighted by molar-refractivity contribution is 8.00. The van der Waals surface area contributed by atoms with Gasteiger partial charge >= 0.3 is 0 Å². The van der Waals surface area contributed by atoms with Gasteiger partial charge in [-0.2, -0.15) is 5.10 Å². The Balaban J connectivity index is 1.22. The van der Waals surface area contributed by atoms with Crippen molar-refractivity contribution in [2.24, 2.45) is 17.8 Å². The van der Waals surface area contributed by atoms with Crippen LogP contribution >= 0.6 is 11.8 Å². The number of carbonyl (C=O) groups excluding carboxylic acids is 1. The summed E-state index contributed by atoms with van der Waals surface area (Å²) in [6, 6.07) is 9.61. The lowest BCUT2D eigenvalue weighted by molar-refractivity contribution is -0.126. The number of hydrogen-bond acceptors (Lipinski definition) is 5. The van der Waals surface area contributed by atoms with E-state index in [4.69, 9.17) is 0 Å². The molecule has 0 spiro atoms. The maximum Gasteiger partial charge on any atom is 0.262 e.